The number of thiophene rings is 1. The van der Waals surface area contributed by atoms with Crippen LogP contribution in [-0.2, 0) is 6.54 Å². The van der Waals surface area contributed by atoms with Crippen molar-refractivity contribution in [1.29, 1.82) is 0 Å². The van der Waals surface area contributed by atoms with Gasteiger partial charge in [0.1, 0.15) is 5.75 Å². The van der Waals surface area contributed by atoms with E-state index in [1.807, 2.05) is 36.4 Å². The first-order chi connectivity index (χ1) is 11.8. The molecule has 6 heteroatoms. The van der Waals surface area contributed by atoms with E-state index >= 15 is 0 Å². The Labute approximate surface area is 144 Å². The number of hydrogen-bond donors (Lipinski definition) is 2. The Morgan fingerprint density at radius 2 is 2.00 bits per heavy atom. The first-order valence-electron chi connectivity index (χ1n) is 7.44. The lowest BCUT2D eigenvalue weighted by Gasteiger charge is -2.02. The number of rotatable bonds is 5. The van der Waals surface area contributed by atoms with Gasteiger partial charge in [0.05, 0.1) is 19.9 Å². The van der Waals surface area contributed by atoms with Gasteiger partial charge in [0, 0.05) is 21.0 Å². The van der Waals surface area contributed by atoms with Crippen molar-refractivity contribution < 1.29 is 4.74 Å². The Hall–Kier alpha value is -2.86. The molecule has 122 valence electrons. The lowest BCUT2D eigenvalue weighted by Crippen LogP contribution is -2.27. The van der Waals surface area contributed by atoms with Crippen LogP contribution in [-0.4, -0.2) is 19.3 Å². The Bertz CT molecular complexity index is 868. The van der Waals surface area contributed by atoms with Crippen LogP contribution in [0.4, 0.5) is 0 Å². The van der Waals surface area contributed by atoms with Crippen molar-refractivity contribution in [3.8, 4) is 5.75 Å². The summed E-state index contributed by atoms with van der Waals surface area (Å²) < 4.78 is 6.36. The van der Waals surface area contributed by atoms with Crippen LogP contribution in [0.5, 0.6) is 5.75 Å². The topological polar surface area (TPSA) is 72.0 Å². The Balaban J connectivity index is 1.58. The molecule has 24 heavy (non-hydrogen) atoms. The van der Waals surface area contributed by atoms with E-state index < -0.39 is 0 Å². The van der Waals surface area contributed by atoms with Crippen LogP contribution < -0.4 is 15.9 Å². The average Bonchev–Trinajstić information content (AvgIpc) is 3.04. The molecule has 0 aliphatic rings. The summed E-state index contributed by atoms with van der Waals surface area (Å²) in [7, 11) is 1.64. The van der Waals surface area contributed by atoms with Gasteiger partial charge in [-0.3, -0.25) is 0 Å². The molecule has 1 heterocycles. The molecule has 5 nitrogen and oxygen atoms in total. The summed E-state index contributed by atoms with van der Waals surface area (Å²) in [6, 6.07) is 15.9. The maximum atomic E-state index is 5.83. The normalized spacial score (nSPS) is 12.0. The predicted molar refractivity (Wildman–Crippen MR) is 101 cm³/mol. The van der Waals surface area contributed by atoms with E-state index in [1.54, 1.807) is 24.7 Å². The molecule has 0 fully saturated rings. The number of ether oxygens (including phenoxy) is 1. The minimum atomic E-state index is 0.279. The summed E-state index contributed by atoms with van der Waals surface area (Å²) >= 11 is 1.69. The van der Waals surface area contributed by atoms with Crippen molar-refractivity contribution in [2.45, 2.75) is 6.54 Å². The van der Waals surface area contributed by atoms with Gasteiger partial charge >= 0.3 is 0 Å². The number of hydrogen-bond acceptors (Lipinski definition) is 4. The lowest BCUT2D eigenvalue weighted by molar-refractivity contribution is 0.414. The molecular formula is C18H18N4OS. The zero-order valence-electron chi connectivity index (χ0n) is 13.3. The van der Waals surface area contributed by atoms with Crippen LogP contribution in [0.25, 0.3) is 10.1 Å². The van der Waals surface area contributed by atoms with Crippen LogP contribution in [0.2, 0.25) is 0 Å². The van der Waals surface area contributed by atoms with E-state index in [0.717, 1.165) is 16.9 Å². The number of nitrogens with two attached hydrogens (primary N) is 1. The van der Waals surface area contributed by atoms with E-state index in [-0.39, 0.29) is 5.96 Å². The average molecular weight is 338 g/mol. The fourth-order valence-corrected chi connectivity index (χ4v) is 3.12. The van der Waals surface area contributed by atoms with E-state index in [0.29, 0.717) is 6.54 Å². The molecule has 1 aromatic heterocycles. The maximum Gasteiger partial charge on any atom is 0.209 e. The van der Waals surface area contributed by atoms with Gasteiger partial charge in [-0.1, -0.05) is 30.3 Å². The van der Waals surface area contributed by atoms with Gasteiger partial charge in [-0.2, -0.15) is 5.10 Å². The Morgan fingerprint density at radius 3 is 2.79 bits per heavy atom. The molecule has 3 N–H and O–H groups in total. The zero-order valence-corrected chi connectivity index (χ0v) is 14.1. The summed E-state index contributed by atoms with van der Waals surface area (Å²) in [6.07, 6.45) is 1.76. The molecule has 0 saturated carbocycles. The minimum Gasteiger partial charge on any atom is -0.497 e. The second-order valence-corrected chi connectivity index (χ2v) is 6.02. The molecule has 0 unspecified atom stereocenters. The fraction of sp³-hybridized carbons (Fsp3) is 0.111. The SMILES string of the molecule is COc1ccc(CN=C(N)NN=Cc2csc3ccccc23)cc1. The van der Waals surface area contributed by atoms with E-state index in [4.69, 9.17) is 10.5 Å². The van der Waals surface area contributed by atoms with Crippen molar-refractivity contribution in [1.82, 2.24) is 5.43 Å². The number of methoxy groups -OCH3 is 1. The molecule has 2 aromatic carbocycles. The molecule has 0 saturated heterocycles. The van der Waals surface area contributed by atoms with Crippen LogP contribution in [0.3, 0.4) is 0 Å². The Kier molecular flexibility index (Phi) is 5.08. The molecular weight excluding hydrogens is 320 g/mol. The Morgan fingerprint density at radius 1 is 1.21 bits per heavy atom. The standard InChI is InChI=1S/C18H18N4OS/c1-23-15-8-6-13(7-9-15)10-20-18(19)22-21-11-14-12-24-17-5-3-2-4-16(14)17/h2-9,11-12H,10H2,1H3,(H3,19,20,22). The van der Waals surface area contributed by atoms with Crippen molar-refractivity contribution in [2.24, 2.45) is 15.8 Å². The highest BCUT2D eigenvalue weighted by Gasteiger charge is 2.00. The summed E-state index contributed by atoms with van der Waals surface area (Å²) in [6.45, 7) is 0.486. The number of fused-ring (bicyclic) bond motifs is 1. The first-order valence-corrected chi connectivity index (χ1v) is 8.32. The number of guanidine groups is 1. The van der Waals surface area contributed by atoms with Crippen molar-refractivity contribution in [3.63, 3.8) is 0 Å². The third-order valence-corrected chi connectivity index (χ3v) is 4.47. The molecule has 0 aliphatic carbocycles. The predicted octanol–water partition coefficient (Wildman–Crippen LogP) is 3.35. The molecule has 0 atom stereocenters. The molecule has 0 bridgehead atoms. The van der Waals surface area contributed by atoms with Gasteiger partial charge in [0.2, 0.25) is 5.96 Å². The number of aliphatic imine (C=N–C) groups is 1. The maximum absolute atomic E-state index is 5.83. The van der Waals surface area contributed by atoms with Crippen LogP contribution in [0.1, 0.15) is 11.1 Å². The fourth-order valence-electron chi connectivity index (χ4n) is 2.21. The van der Waals surface area contributed by atoms with Crippen LogP contribution >= 0.6 is 11.3 Å². The van der Waals surface area contributed by atoms with Gasteiger partial charge in [-0.15, -0.1) is 11.3 Å². The van der Waals surface area contributed by atoms with Crippen molar-refractivity contribution in [2.75, 3.05) is 7.11 Å². The quantitative estimate of drug-likeness (QED) is 0.426. The van der Waals surface area contributed by atoms with E-state index in [2.05, 4.69) is 33.0 Å². The molecule has 0 aliphatic heterocycles. The third kappa shape index (κ3) is 3.91. The zero-order chi connectivity index (χ0) is 16.8. The molecule has 0 amide bonds. The highest BCUT2D eigenvalue weighted by atomic mass is 32.1. The van der Waals surface area contributed by atoms with Gasteiger partial charge in [0.15, 0.2) is 0 Å². The molecule has 3 aromatic rings. The number of nitrogens with zero attached hydrogens (tertiary/aromatic N) is 2. The summed E-state index contributed by atoms with van der Waals surface area (Å²) in [5, 5.41) is 7.41. The largest absolute Gasteiger partial charge is 0.497 e. The van der Waals surface area contributed by atoms with E-state index in [1.165, 1.54) is 10.1 Å². The van der Waals surface area contributed by atoms with Crippen LogP contribution in [0, 0.1) is 0 Å². The van der Waals surface area contributed by atoms with Gasteiger partial charge in [-0.25, -0.2) is 10.4 Å². The molecule has 3 rings (SSSR count). The lowest BCUT2D eigenvalue weighted by atomic mass is 10.2. The van der Waals surface area contributed by atoms with Gasteiger partial charge < -0.3 is 10.5 Å². The highest BCUT2D eigenvalue weighted by Crippen LogP contribution is 2.24. The van der Waals surface area contributed by atoms with Gasteiger partial charge in [-0.05, 0) is 23.8 Å². The molecule has 0 spiro atoms. The van der Waals surface area contributed by atoms with Crippen LogP contribution in [0.15, 0.2) is 64.0 Å². The monoisotopic (exact) mass is 338 g/mol. The number of hydrazone groups is 1. The number of nitrogens with one attached hydrogen (secondary N) is 1. The summed E-state index contributed by atoms with van der Waals surface area (Å²) in [5.74, 6) is 1.10. The van der Waals surface area contributed by atoms with Crippen molar-refractivity contribution >= 4 is 33.6 Å². The second kappa shape index (κ2) is 7.61. The first kappa shape index (κ1) is 16.0. The van der Waals surface area contributed by atoms with E-state index in [9.17, 15) is 0 Å². The third-order valence-electron chi connectivity index (χ3n) is 3.48. The minimum absolute atomic E-state index is 0.279. The number of benzene rings is 2. The van der Waals surface area contributed by atoms with Crippen molar-refractivity contribution in [3.05, 3.63) is 65.0 Å². The molecule has 0 radical (unpaired) electrons. The summed E-state index contributed by atoms with van der Waals surface area (Å²) in [4.78, 5) is 4.26. The summed E-state index contributed by atoms with van der Waals surface area (Å²) in [5.41, 5.74) is 10.7. The van der Waals surface area contributed by atoms with Gasteiger partial charge in [0.25, 0.3) is 0 Å². The smallest absolute Gasteiger partial charge is 0.209 e. The second-order valence-electron chi connectivity index (χ2n) is 5.11. The highest BCUT2D eigenvalue weighted by molar-refractivity contribution is 7.17.